The van der Waals surface area contributed by atoms with Crippen molar-refractivity contribution in [1.29, 1.82) is 5.26 Å². The van der Waals surface area contributed by atoms with Crippen molar-refractivity contribution >= 4 is 0 Å². The Labute approximate surface area is 110 Å². The van der Waals surface area contributed by atoms with Gasteiger partial charge in [-0.05, 0) is 37.5 Å². The van der Waals surface area contributed by atoms with Gasteiger partial charge in [-0.3, -0.25) is 0 Å². The normalized spacial score (nSPS) is 15.8. The molecule has 2 unspecified atom stereocenters. The first-order valence-electron chi connectivity index (χ1n) is 6.31. The van der Waals surface area contributed by atoms with Crippen LogP contribution in [0.3, 0.4) is 0 Å². The van der Waals surface area contributed by atoms with Gasteiger partial charge in [0.15, 0.2) is 0 Å². The molecule has 0 heterocycles. The molecule has 1 aromatic carbocycles. The van der Waals surface area contributed by atoms with Gasteiger partial charge >= 0.3 is 0 Å². The predicted molar refractivity (Wildman–Crippen MR) is 73.4 cm³/mol. The van der Waals surface area contributed by atoms with Gasteiger partial charge < -0.3 is 10.5 Å². The maximum absolute atomic E-state index is 8.88. The fourth-order valence-corrected chi connectivity index (χ4v) is 1.85. The number of nitriles is 1. The van der Waals surface area contributed by atoms with Crippen LogP contribution < -0.4 is 10.5 Å². The number of rotatable bonds is 5. The van der Waals surface area contributed by atoms with Gasteiger partial charge in [0.2, 0.25) is 0 Å². The summed E-state index contributed by atoms with van der Waals surface area (Å²) in [6.45, 7) is 7.96. The third kappa shape index (κ3) is 4.38. The number of nitrogens with two attached hydrogens (primary N) is 1. The van der Waals surface area contributed by atoms with E-state index in [1.807, 2.05) is 19.1 Å². The Morgan fingerprint density at radius 1 is 1.28 bits per heavy atom. The van der Waals surface area contributed by atoms with Crippen LogP contribution in [0.5, 0.6) is 5.75 Å². The van der Waals surface area contributed by atoms with Gasteiger partial charge in [0.1, 0.15) is 11.3 Å². The molecular weight excluding hydrogens is 224 g/mol. The summed E-state index contributed by atoms with van der Waals surface area (Å²) in [6, 6.07) is 10.1. The van der Waals surface area contributed by atoms with Gasteiger partial charge in [-0.15, -0.1) is 0 Å². The van der Waals surface area contributed by atoms with E-state index in [9.17, 15) is 0 Å². The summed E-state index contributed by atoms with van der Waals surface area (Å²) >= 11 is 0. The number of ether oxygens (including phenoxy) is 1. The highest BCUT2D eigenvalue weighted by Gasteiger charge is 2.21. The molecule has 0 spiro atoms. The number of nitrogens with zero attached hydrogens (tertiary/aromatic N) is 1. The van der Waals surface area contributed by atoms with Gasteiger partial charge in [0, 0.05) is 6.42 Å². The zero-order chi connectivity index (χ0) is 13.8. The highest BCUT2D eigenvalue weighted by atomic mass is 16.5. The molecule has 0 fully saturated rings. The van der Waals surface area contributed by atoms with Crippen molar-refractivity contribution < 1.29 is 4.74 Å². The molecule has 0 saturated carbocycles. The van der Waals surface area contributed by atoms with Crippen molar-refractivity contribution in [1.82, 2.24) is 0 Å². The summed E-state index contributed by atoms with van der Waals surface area (Å²) in [5.74, 6) is 1.34. The van der Waals surface area contributed by atoms with Crippen LogP contribution in [-0.4, -0.2) is 11.6 Å². The van der Waals surface area contributed by atoms with Crippen LogP contribution in [0.2, 0.25) is 0 Å². The SMILES string of the molecule is CC(CC(C)(N)C#N)Oc1ccc(C(C)C)cc1. The Morgan fingerprint density at radius 3 is 2.28 bits per heavy atom. The molecule has 18 heavy (non-hydrogen) atoms. The van der Waals surface area contributed by atoms with Crippen LogP contribution in [-0.2, 0) is 0 Å². The molecule has 0 radical (unpaired) electrons. The highest BCUT2D eigenvalue weighted by Crippen LogP contribution is 2.21. The number of hydrogen-bond acceptors (Lipinski definition) is 3. The smallest absolute Gasteiger partial charge is 0.119 e. The standard InChI is InChI=1S/C15H22N2O/c1-11(2)13-5-7-14(8-6-13)18-12(3)9-15(4,17)10-16/h5-8,11-12H,9,17H2,1-4H3. The molecule has 98 valence electrons. The predicted octanol–water partition coefficient (Wildman–Crippen LogP) is 3.21. The van der Waals surface area contributed by atoms with E-state index < -0.39 is 5.54 Å². The Kier molecular flexibility index (Phi) is 4.75. The Morgan fingerprint density at radius 2 is 1.83 bits per heavy atom. The maximum Gasteiger partial charge on any atom is 0.119 e. The third-order valence-corrected chi connectivity index (χ3v) is 2.85. The molecular formula is C15H22N2O. The summed E-state index contributed by atoms with van der Waals surface area (Å²) in [4.78, 5) is 0. The summed E-state index contributed by atoms with van der Waals surface area (Å²) in [5.41, 5.74) is 6.24. The first-order valence-corrected chi connectivity index (χ1v) is 6.31. The Bertz CT molecular complexity index is 415. The summed E-state index contributed by atoms with van der Waals surface area (Å²) in [7, 11) is 0. The van der Waals surface area contributed by atoms with E-state index in [1.54, 1.807) is 6.92 Å². The molecule has 0 saturated heterocycles. The number of hydrogen-bond donors (Lipinski definition) is 1. The minimum absolute atomic E-state index is 0.0791. The molecule has 0 amide bonds. The highest BCUT2D eigenvalue weighted by molar-refractivity contribution is 5.29. The lowest BCUT2D eigenvalue weighted by molar-refractivity contribution is 0.191. The van der Waals surface area contributed by atoms with Gasteiger partial charge in [-0.25, -0.2) is 0 Å². The van der Waals surface area contributed by atoms with Gasteiger partial charge in [-0.1, -0.05) is 26.0 Å². The van der Waals surface area contributed by atoms with Crippen molar-refractivity contribution in [3.63, 3.8) is 0 Å². The van der Waals surface area contributed by atoms with E-state index in [4.69, 9.17) is 15.7 Å². The zero-order valence-electron chi connectivity index (χ0n) is 11.6. The second-order valence-electron chi connectivity index (χ2n) is 5.39. The minimum atomic E-state index is -0.836. The van der Waals surface area contributed by atoms with Crippen LogP contribution in [0.4, 0.5) is 0 Å². The lowest BCUT2D eigenvalue weighted by Gasteiger charge is -2.22. The molecule has 1 rings (SSSR count). The first-order chi connectivity index (χ1) is 8.34. The lowest BCUT2D eigenvalue weighted by Crippen LogP contribution is -2.38. The molecule has 3 nitrogen and oxygen atoms in total. The average Bonchev–Trinajstić information content (AvgIpc) is 2.29. The van der Waals surface area contributed by atoms with E-state index in [-0.39, 0.29) is 6.10 Å². The monoisotopic (exact) mass is 246 g/mol. The minimum Gasteiger partial charge on any atom is -0.491 e. The van der Waals surface area contributed by atoms with Gasteiger partial charge in [0.05, 0.1) is 12.2 Å². The summed E-state index contributed by atoms with van der Waals surface area (Å²) in [5, 5.41) is 8.88. The first kappa shape index (κ1) is 14.5. The molecule has 0 aliphatic heterocycles. The molecule has 0 aromatic heterocycles. The second-order valence-corrected chi connectivity index (χ2v) is 5.39. The van der Waals surface area contributed by atoms with Crippen molar-refractivity contribution in [2.75, 3.05) is 0 Å². The Balaban J connectivity index is 2.60. The van der Waals surface area contributed by atoms with Crippen LogP contribution in [0, 0.1) is 11.3 Å². The molecule has 3 heteroatoms. The molecule has 0 bridgehead atoms. The molecule has 2 N–H and O–H groups in total. The fourth-order valence-electron chi connectivity index (χ4n) is 1.85. The van der Waals surface area contributed by atoms with Crippen molar-refractivity contribution in [3.8, 4) is 11.8 Å². The molecule has 0 aliphatic rings. The molecule has 1 aromatic rings. The second kappa shape index (κ2) is 5.88. The maximum atomic E-state index is 8.88. The lowest BCUT2D eigenvalue weighted by atomic mass is 9.98. The van der Waals surface area contributed by atoms with Crippen LogP contribution in [0.15, 0.2) is 24.3 Å². The van der Waals surface area contributed by atoms with Crippen LogP contribution >= 0.6 is 0 Å². The van der Waals surface area contributed by atoms with E-state index in [0.717, 1.165) is 5.75 Å². The summed E-state index contributed by atoms with van der Waals surface area (Å²) < 4.78 is 5.76. The van der Waals surface area contributed by atoms with Crippen LogP contribution in [0.25, 0.3) is 0 Å². The van der Waals surface area contributed by atoms with Crippen molar-refractivity contribution in [3.05, 3.63) is 29.8 Å². The zero-order valence-corrected chi connectivity index (χ0v) is 11.6. The van der Waals surface area contributed by atoms with E-state index in [2.05, 4.69) is 32.0 Å². The average molecular weight is 246 g/mol. The number of benzene rings is 1. The van der Waals surface area contributed by atoms with Crippen molar-refractivity contribution in [2.24, 2.45) is 5.73 Å². The van der Waals surface area contributed by atoms with Gasteiger partial charge in [0.25, 0.3) is 0 Å². The quantitative estimate of drug-likeness (QED) is 0.867. The van der Waals surface area contributed by atoms with E-state index in [0.29, 0.717) is 12.3 Å². The van der Waals surface area contributed by atoms with Crippen molar-refractivity contribution in [2.45, 2.75) is 51.7 Å². The fraction of sp³-hybridized carbons (Fsp3) is 0.533. The van der Waals surface area contributed by atoms with Crippen LogP contribution in [0.1, 0.15) is 45.6 Å². The van der Waals surface area contributed by atoms with E-state index in [1.165, 1.54) is 5.56 Å². The third-order valence-electron chi connectivity index (χ3n) is 2.85. The molecule has 0 aliphatic carbocycles. The Hall–Kier alpha value is -1.53. The topological polar surface area (TPSA) is 59.0 Å². The van der Waals surface area contributed by atoms with E-state index >= 15 is 0 Å². The largest absolute Gasteiger partial charge is 0.491 e. The summed E-state index contributed by atoms with van der Waals surface area (Å²) in [6.07, 6.45) is 0.430. The molecule has 2 atom stereocenters. The van der Waals surface area contributed by atoms with Gasteiger partial charge in [-0.2, -0.15) is 5.26 Å².